The summed E-state index contributed by atoms with van der Waals surface area (Å²) in [7, 11) is -1.97. The third-order valence-electron chi connectivity index (χ3n) is 5.43. The van der Waals surface area contributed by atoms with Crippen molar-refractivity contribution in [3.05, 3.63) is 12.2 Å². The van der Waals surface area contributed by atoms with Crippen molar-refractivity contribution in [3.63, 3.8) is 0 Å². The Labute approximate surface area is 154 Å². The first kappa shape index (κ1) is 21.7. The van der Waals surface area contributed by atoms with Gasteiger partial charge in [0.05, 0.1) is 0 Å². The lowest BCUT2D eigenvalue weighted by Gasteiger charge is -2.42. The molecule has 0 N–H and O–H groups in total. The zero-order valence-electron chi connectivity index (χ0n) is 16.2. The minimum Gasteiger partial charge on any atom is -0.458 e. The molecule has 0 aromatic carbocycles. The molecule has 0 amide bonds. The van der Waals surface area contributed by atoms with E-state index in [1.165, 1.54) is 19.3 Å². The van der Waals surface area contributed by atoms with Gasteiger partial charge in [0.1, 0.15) is 18.1 Å². The SMILES string of the molecule is C/C=C/[C@H](O[Si](C)(C)C(C)(C)C)[C@@H](OC(=O)CCl)C1CCCCC1. The quantitative estimate of drug-likeness (QED) is 0.249. The molecule has 0 heterocycles. The van der Waals surface area contributed by atoms with Crippen LogP contribution >= 0.6 is 11.6 Å². The van der Waals surface area contributed by atoms with Gasteiger partial charge in [-0.25, -0.2) is 0 Å². The van der Waals surface area contributed by atoms with E-state index < -0.39 is 8.32 Å². The Morgan fingerprint density at radius 2 is 1.83 bits per heavy atom. The highest BCUT2D eigenvalue weighted by Crippen LogP contribution is 2.39. The van der Waals surface area contributed by atoms with E-state index in [1.807, 2.05) is 13.0 Å². The van der Waals surface area contributed by atoms with Gasteiger partial charge in [-0.1, -0.05) is 52.2 Å². The van der Waals surface area contributed by atoms with Crippen LogP contribution in [0.25, 0.3) is 0 Å². The van der Waals surface area contributed by atoms with Gasteiger partial charge in [0, 0.05) is 0 Å². The van der Waals surface area contributed by atoms with Crippen molar-refractivity contribution in [2.75, 3.05) is 5.88 Å². The first-order valence-corrected chi connectivity index (χ1v) is 12.6. The summed E-state index contributed by atoms with van der Waals surface area (Å²) in [5.74, 6) is -0.0937. The molecular weight excluding hydrogens is 340 g/mol. The van der Waals surface area contributed by atoms with Gasteiger partial charge in [0.2, 0.25) is 0 Å². The lowest BCUT2D eigenvalue weighted by Crippen LogP contribution is -2.49. The average molecular weight is 375 g/mol. The van der Waals surface area contributed by atoms with Crippen LogP contribution in [0.15, 0.2) is 12.2 Å². The van der Waals surface area contributed by atoms with Gasteiger partial charge in [-0.2, -0.15) is 0 Å². The molecule has 0 radical (unpaired) electrons. The molecule has 1 saturated carbocycles. The van der Waals surface area contributed by atoms with Gasteiger partial charge in [-0.15, -0.1) is 11.6 Å². The number of hydrogen-bond donors (Lipinski definition) is 0. The molecule has 0 spiro atoms. The van der Waals surface area contributed by atoms with Crippen LogP contribution in [0.3, 0.4) is 0 Å². The fourth-order valence-corrected chi connectivity index (χ4v) is 4.31. The van der Waals surface area contributed by atoms with Crippen molar-refractivity contribution in [3.8, 4) is 0 Å². The molecule has 3 nitrogen and oxygen atoms in total. The second-order valence-corrected chi connectivity index (χ2v) is 13.4. The fourth-order valence-electron chi connectivity index (χ4n) is 3.00. The highest BCUT2D eigenvalue weighted by molar-refractivity contribution is 6.74. The van der Waals surface area contributed by atoms with Crippen molar-refractivity contribution < 1.29 is 14.0 Å². The number of ether oxygens (including phenoxy) is 1. The molecular formula is C19H35ClO3Si. The molecule has 0 aromatic rings. The van der Waals surface area contributed by atoms with E-state index in [9.17, 15) is 4.79 Å². The molecule has 1 fully saturated rings. The molecule has 0 unspecified atom stereocenters. The minimum absolute atomic E-state index is 0.105. The third kappa shape index (κ3) is 6.20. The van der Waals surface area contributed by atoms with Crippen LogP contribution in [-0.2, 0) is 14.0 Å². The number of alkyl halides is 1. The topological polar surface area (TPSA) is 35.5 Å². The Morgan fingerprint density at radius 3 is 2.29 bits per heavy atom. The number of esters is 1. The van der Waals surface area contributed by atoms with Gasteiger partial charge in [0.15, 0.2) is 8.32 Å². The Balaban J connectivity index is 3.04. The van der Waals surface area contributed by atoms with E-state index in [0.717, 1.165) is 12.8 Å². The predicted octanol–water partition coefficient (Wildman–Crippen LogP) is 5.68. The lowest BCUT2D eigenvalue weighted by atomic mass is 9.83. The van der Waals surface area contributed by atoms with Crippen LogP contribution in [-0.4, -0.2) is 32.4 Å². The summed E-state index contributed by atoms with van der Waals surface area (Å²) in [4.78, 5) is 11.9. The van der Waals surface area contributed by atoms with Crippen molar-refractivity contribution in [1.29, 1.82) is 0 Å². The van der Waals surface area contributed by atoms with Gasteiger partial charge < -0.3 is 9.16 Å². The maximum absolute atomic E-state index is 11.9. The Bertz CT molecular complexity index is 423. The Morgan fingerprint density at radius 1 is 1.25 bits per heavy atom. The van der Waals surface area contributed by atoms with Crippen LogP contribution in [0, 0.1) is 5.92 Å². The molecule has 0 saturated heterocycles. The van der Waals surface area contributed by atoms with Crippen LogP contribution in [0.2, 0.25) is 18.1 Å². The first-order chi connectivity index (χ1) is 11.1. The van der Waals surface area contributed by atoms with E-state index in [-0.39, 0.29) is 29.1 Å². The summed E-state index contributed by atoms with van der Waals surface area (Å²) in [6, 6.07) is 0. The van der Waals surface area contributed by atoms with E-state index in [0.29, 0.717) is 5.92 Å². The largest absolute Gasteiger partial charge is 0.458 e. The van der Waals surface area contributed by atoms with Crippen LogP contribution < -0.4 is 0 Å². The molecule has 2 atom stereocenters. The van der Waals surface area contributed by atoms with Crippen LogP contribution in [0.4, 0.5) is 0 Å². The first-order valence-electron chi connectivity index (χ1n) is 9.18. The summed E-state index contributed by atoms with van der Waals surface area (Å²) < 4.78 is 12.4. The molecule has 140 valence electrons. The second-order valence-electron chi connectivity index (χ2n) is 8.35. The number of carbonyl (C=O) groups is 1. The van der Waals surface area contributed by atoms with Crippen molar-refractivity contribution in [1.82, 2.24) is 0 Å². The maximum Gasteiger partial charge on any atom is 0.321 e. The average Bonchev–Trinajstić information content (AvgIpc) is 2.51. The smallest absolute Gasteiger partial charge is 0.321 e. The van der Waals surface area contributed by atoms with Crippen molar-refractivity contribution in [2.24, 2.45) is 5.92 Å². The van der Waals surface area contributed by atoms with Gasteiger partial charge in [-0.05, 0) is 43.8 Å². The summed E-state index contributed by atoms with van der Waals surface area (Å²) in [6.07, 6.45) is 9.48. The number of rotatable bonds is 7. The molecule has 24 heavy (non-hydrogen) atoms. The van der Waals surface area contributed by atoms with Crippen LogP contribution in [0.5, 0.6) is 0 Å². The lowest BCUT2D eigenvalue weighted by molar-refractivity contribution is -0.154. The monoisotopic (exact) mass is 374 g/mol. The molecule has 1 aliphatic rings. The summed E-state index contributed by atoms with van der Waals surface area (Å²) >= 11 is 5.70. The van der Waals surface area contributed by atoms with Crippen molar-refractivity contribution >= 4 is 25.9 Å². The Hall–Kier alpha value is -0.323. The van der Waals surface area contributed by atoms with E-state index >= 15 is 0 Å². The normalized spacial score (nSPS) is 20.1. The second kappa shape index (κ2) is 9.40. The molecule has 0 aromatic heterocycles. The molecule has 0 aliphatic heterocycles. The molecule has 1 rings (SSSR count). The Kier molecular flexibility index (Phi) is 8.50. The van der Waals surface area contributed by atoms with Crippen molar-refractivity contribution in [2.45, 2.75) is 90.1 Å². The highest BCUT2D eigenvalue weighted by atomic mass is 35.5. The number of halogens is 1. The van der Waals surface area contributed by atoms with Crippen LogP contribution in [0.1, 0.15) is 59.8 Å². The number of hydrogen-bond acceptors (Lipinski definition) is 3. The molecule has 5 heteroatoms. The fraction of sp³-hybridized carbons (Fsp3) is 0.842. The maximum atomic E-state index is 11.9. The standard InChI is InChI=1S/C19H35ClO3Si/c1-7-11-16(23-24(5,6)19(2,3)4)18(22-17(21)14-20)15-12-9-8-10-13-15/h7,11,15-16,18H,8-10,12-14H2,1-6H3/b11-7+/t16-,18-/m0/s1. The summed E-state index contributed by atoms with van der Waals surface area (Å²) in [5, 5.41) is 0.112. The van der Waals surface area contributed by atoms with E-state index in [4.69, 9.17) is 20.8 Å². The van der Waals surface area contributed by atoms with Gasteiger partial charge in [-0.3, -0.25) is 4.79 Å². The van der Waals surface area contributed by atoms with Gasteiger partial charge in [0.25, 0.3) is 0 Å². The minimum atomic E-state index is -1.97. The summed E-state index contributed by atoms with van der Waals surface area (Å²) in [5.41, 5.74) is 0. The zero-order valence-corrected chi connectivity index (χ0v) is 18.0. The highest BCUT2D eigenvalue weighted by Gasteiger charge is 2.42. The van der Waals surface area contributed by atoms with Gasteiger partial charge >= 0.3 is 5.97 Å². The molecule has 0 bridgehead atoms. The predicted molar refractivity (Wildman–Crippen MR) is 104 cm³/mol. The number of carbonyl (C=O) groups excluding carboxylic acids is 1. The van der Waals surface area contributed by atoms with E-state index in [2.05, 4.69) is 39.9 Å². The van der Waals surface area contributed by atoms with E-state index in [1.54, 1.807) is 0 Å². The summed E-state index contributed by atoms with van der Waals surface area (Å²) in [6.45, 7) is 13.2. The number of allylic oxidation sites excluding steroid dienone is 1. The molecule has 1 aliphatic carbocycles. The third-order valence-corrected chi connectivity index (χ3v) is 10.1. The zero-order chi connectivity index (χ0) is 18.4.